The van der Waals surface area contributed by atoms with Gasteiger partial charge in [-0.2, -0.15) is 0 Å². The van der Waals surface area contributed by atoms with E-state index in [1.54, 1.807) is 38.1 Å². The zero-order valence-electron chi connectivity index (χ0n) is 20.2. The van der Waals surface area contributed by atoms with Crippen LogP contribution in [0.3, 0.4) is 0 Å². The van der Waals surface area contributed by atoms with E-state index in [0.29, 0.717) is 27.8 Å². The summed E-state index contributed by atoms with van der Waals surface area (Å²) in [6.07, 6.45) is 0. The van der Waals surface area contributed by atoms with Crippen molar-refractivity contribution in [3.8, 4) is 22.3 Å². The number of rotatable bonds is 6. The molecule has 0 unspecified atom stereocenters. The Morgan fingerprint density at radius 2 is 1.14 bits per heavy atom. The molecule has 5 heteroatoms. The van der Waals surface area contributed by atoms with Gasteiger partial charge in [0.1, 0.15) is 5.60 Å². The van der Waals surface area contributed by atoms with Crippen LogP contribution in [-0.4, -0.2) is 30.3 Å². The minimum Gasteiger partial charge on any atom is -0.462 e. The van der Waals surface area contributed by atoms with Crippen LogP contribution < -0.4 is 0 Å². The summed E-state index contributed by atoms with van der Waals surface area (Å²) >= 11 is 0. The standard InChI is InChI=1S/C31H26O5/c1-3-35-29(32)21-14-16-24-25-17-15-22(30(33)36-4-2)19-28(25)31(34,27(24)18-21)26-13-9-8-12-23(26)20-10-6-5-7-11-20/h5-19,34H,3-4H2,1-2H3. The lowest BCUT2D eigenvalue weighted by atomic mass is 9.79. The third-order valence-corrected chi connectivity index (χ3v) is 6.53. The molecule has 180 valence electrons. The minimum absolute atomic E-state index is 0.250. The molecule has 0 spiro atoms. The van der Waals surface area contributed by atoms with Crippen molar-refractivity contribution in [3.05, 3.63) is 119 Å². The molecule has 0 amide bonds. The van der Waals surface area contributed by atoms with Gasteiger partial charge < -0.3 is 14.6 Å². The Bertz CT molecular complexity index is 1390. The van der Waals surface area contributed by atoms with Gasteiger partial charge in [-0.15, -0.1) is 0 Å². The van der Waals surface area contributed by atoms with Crippen LogP contribution >= 0.6 is 0 Å². The Balaban J connectivity index is 1.79. The maximum Gasteiger partial charge on any atom is 0.338 e. The second kappa shape index (κ2) is 9.44. The number of esters is 2. The van der Waals surface area contributed by atoms with Crippen LogP contribution in [0.1, 0.15) is 51.3 Å². The minimum atomic E-state index is -1.62. The van der Waals surface area contributed by atoms with Crippen molar-refractivity contribution in [2.75, 3.05) is 13.2 Å². The second-order valence-corrected chi connectivity index (χ2v) is 8.58. The van der Waals surface area contributed by atoms with Crippen molar-refractivity contribution in [1.82, 2.24) is 0 Å². The van der Waals surface area contributed by atoms with Crippen molar-refractivity contribution >= 4 is 11.9 Å². The van der Waals surface area contributed by atoms with Crippen molar-refractivity contribution in [3.63, 3.8) is 0 Å². The first-order valence-corrected chi connectivity index (χ1v) is 12.0. The number of ether oxygens (including phenoxy) is 2. The van der Waals surface area contributed by atoms with Crippen molar-refractivity contribution in [2.24, 2.45) is 0 Å². The molecule has 0 saturated carbocycles. The molecular formula is C31H26O5. The van der Waals surface area contributed by atoms with Crippen LogP contribution in [-0.2, 0) is 15.1 Å². The van der Waals surface area contributed by atoms with Crippen molar-refractivity contribution in [1.29, 1.82) is 0 Å². The monoisotopic (exact) mass is 478 g/mol. The molecule has 0 fully saturated rings. The zero-order chi connectivity index (χ0) is 25.3. The van der Waals surface area contributed by atoms with Crippen LogP contribution in [0.15, 0.2) is 91.0 Å². The van der Waals surface area contributed by atoms with Gasteiger partial charge in [-0.05, 0) is 60.4 Å². The molecule has 0 aliphatic heterocycles. The van der Waals surface area contributed by atoms with Gasteiger partial charge in [0, 0.05) is 16.7 Å². The third kappa shape index (κ3) is 3.78. The van der Waals surface area contributed by atoms with Gasteiger partial charge in [0.15, 0.2) is 0 Å². The first kappa shape index (κ1) is 23.5. The molecule has 0 atom stereocenters. The van der Waals surface area contributed by atoms with E-state index in [1.807, 2.05) is 66.7 Å². The average Bonchev–Trinajstić information content (AvgIpc) is 3.17. The highest BCUT2D eigenvalue weighted by Gasteiger charge is 2.45. The number of hydrogen-bond acceptors (Lipinski definition) is 5. The van der Waals surface area contributed by atoms with E-state index in [4.69, 9.17) is 9.47 Å². The highest BCUT2D eigenvalue weighted by molar-refractivity contribution is 5.95. The Morgan fingerprint density at radius 1 is 0.639 bits per heavy atom. The lowest BCUT2D eigenvalue weighted by Crippen LogP contribution is -2.28. The van der Waals surface area contributed by atoms with E-state index in [9.17, 15) is 14.7 Å². The molecule has 36 heavy (non-hydrogen) atoms. The first-order valence-electron chi connectivity index (χ1n) is 12.0. The summed E-state index contributed by atoms with van der Waals surface area (Å²) in [6.45, 7) is 4.01. The summed E-state index contributed by atoms with van der Waals surface area (Å²) in [7, 11) is 0. The molecule has 5 nitrogen and oxygen atoms in total. The largest absolute Gasteiger partial charge is 0.462 e. The molecular weight excluding hydrogens is 452 g/mol. The maximum absolute atomic E-state index is 12.7. The zero-order valence-corrected chi connectivity index (χ0v) is 20.2. The Kier molecular flexibility index (Phi) is 6.17. The predicted octanol–water partition coefficient (Wildman–Crippen LogP) is 5.97. The fraction of sp³-hybridized carbons (Fsp3) is 0.161. The number of fused-ring (bicyclic) bond motifs is 3. The fourth-order valence-electron chi connectivity index (χ4n) is 4.94. The van der Waals surface area contributed by atoms with E-state index in [1.165, 1.54) is 0 Å². The summed E-state index contributed by atoms with van der Waals surface area (Å²) in [5, 5.41) is 12.7. The molecule has 0 radical (unpaired) electrons. The third-order valence-electron chi connectivity index (χ3n) is 6.53. The molecule has 0 aromatic heterocycles. The molecule has 1 aliphatic rings. The van der Waals surface area contributed by atoms with Crippen LogP contribution in [0.4, 0.5) is 0 Å². The molecule has 1 aliphatic carbocycles. The molecule has 1 N–H and O–H groups in total. The van der Waals surface area contributed by atoms with Gasteiger partial charge in [0.2, 0.25) is 0 Å². The topological polar surface area (TPSA) is 72.8 Å². The first-order chi connectivity index (χ1) is 17.5. The number of carbonyl (C=O) groups is 2. The van der Waals surface area contributed by atoms with Gasteiger partial charge in [0.05, 0.1) is 24.3 Å². The van der Waals surface area contributed by atoms with Crippen molar-refractivity contribution in [2.45, 2.75) is 19.4 Å². The van der Waals surface area contributed by atoms with E-state index < -0.39 is 17.5 Å². The number of hydrogen-bond donors (Lipinski definition) is 1. The molecule has 0 bridgehead atoms. The predicted molar refractivity (Wildman–Crippen MR) is 138 cm³/mol. The summed E-state index contributed by atoms with van der Waals surface area (Å²) in [4.78, 5) is 25.2. The number of aliphatic hydroxyl groups is 1. The van der Waals surface area contributed by atoms with Crippen LogP contribution in [0.2, 0.25) is 0 Å². The molecule has 0 heterocycles. The lowest BCUT2D eigenvalue weighted by Gasteiger charge is -2.29. The van der Waals surface area contributed by atoms with Crippen molar-refractivity contribution < 1.29 is 24.2 Å². The smallest absolute Gasteiger partial charge is 0.338 e. The van der Waals surface area contributed by atoms with E-state index in [0.717, 1.165) is 22.3 Å². The van der Waals surface area contributed by atoms with E-state index in [2.05, 4.69) is 0 Å². The second-order valence-electron chi connectivity index (χ2n) is 8.58. The van der Waals surface area contributed by atoms with Gasteiger partial charge in [0.25, 0.3) is 0 Å². The van der Waals surface area contributed by atoms with Gasteiger partial charge in [-0.3, -0.25) is 0 Å². The summed E-state index contributed by atoms with van der Waals surface area (Å²) in [5.74, 6) is -0.913. The highest BCUT2D eigenvalue weighted by atomic mass is 16.5. The van der Waals surface area contributed by atoms with Gasteiger partial charge >= 0.3 is 11.9 Å². The SMILES string of the molecule is CCOC(=O)c1ccc2c(c1)C(O)(c1ccccc1-c1ccccc1)c1cc(C(=O)OCC)ccc1-2. The van der Waals surface area contributed by atoms with E-state index >= 15 is 0 Å². The quantitative estimate of drug-likeness (QED) is 0.346. The van der Waals surface area contributed by atoms with Gasteiger partial charge in [-0.1, -0.05) is 66.7 Å². The Morgan fingerprint density at radius 3 is 1.67 bits per heavy atom. The summed E-state index contributed by atoms with van der Waals surface area (Å²) < 4.78 is 10.5. The van der Waals surface area contributed by atoms with E-state index in [-0.39, 0.29) is 13.2 Å². The lowest BCUT2D eigenvalue weighted by molar-refractivity contribution is 0.0517. The number of carbonyl (C=O) groups excluding carboxylic acids is 2. The van der Waals surface area contributed by atoms with Crippen LogP contribution in [0, 0.1) is 0 Å². The molecule has 5 rings (SSSR count). The number of benzene rings is 4. The summed E-state index contributed by atoms with van der Waals surface area (Å²) in [6, 6.07) is 27.9. The Labute approximate surface area is 209 Å². The van der Waals surface area contributed by atoms with Gasteiger partial charge in [-0.25, -0.2) is 9.59 Å². The fourth-order valence-corrected chi connectivity index (χ4v) is 4.94. The molecule has 4 aromatic carbocycles. The average molecular weight is 479 g/mol. The summed E-state index contributed by atoms with van der Waals surface area (Å²) in [5.41, 5.74) is 4.23. The Hall–Kier alpha value is -4.22. The van der Waals surface area contributed by atoms with Crippen LogP contribution in [0.5, 0.6) is 0 Å². The van der Waals surface area contributed by atoms with Crippen LogP contribution in [0.25, 0.3) is 22.3 Å². The highest BCUT2D eigenvalue weighted by Crippen LogP contribution is 2.53. The maximum atomic E-state index is 12.7. The molecule has 0 saturated heterocycles. The molecule has 4 aromatic rings. The normalized spacial score (nSPS) is 13.0.